The highest BCUT2D eigenvalue weighted by Gasteiger charge is 2.09. The fourth-order valence-corrected chi connectivity index (χ4v) is 2.19. The van der Waals surface area contributed by atoms with Crippen LogP contribution in [-0.4, -0.2) is 0 Å². The molecule has 0 fully saturated rings. The predicted molar refractivity (Wildman–Crippen MR) is 61.5 cm³/mol. The molecule has 3 heteroatoms. The largest absolute Gasteiger partial charge is 0.320 e. The van der Waals surface area contributed by atoms with Gasteiger partial charge in [-0.3, -0.25) is 0 Å². The third kappa shape index (κ3) is 2.07. The van der Waals surface area contributed by atoms with E-state index in [1.807, 2.05) is 35.7 Å². The summed E-state index contributed by atoms with van der Waals surface area (Å²) < 4.78 is 0. The van der Waals surface area contributed by atoms with E-state index in [1.54, 1.807) is 17.4 Å². The highest BCUT2D eigenvalue weighted by atomic mass is 32.1. The number of nitrogens with zero attached hydrogens (tertiary/aromatic N) is 1. The van der Waals surface area contributed by atoms with E-state index in [-0.39, 0.29) is 6.04 Å². The van der Waals surface area contributed by atoms with Crippen LogP contribution in [0.3, 0.4) is 0 Å². The monoisotopic (exact) mass is 214 g/mol. The van der Waals surface area contributed by atoms with Crippen LogP contribution in [0.25, 0.3) is 0 Å². The van der Waals surface area contributed by atoms with E-state index in [1.165, 1.54) is 0 Å². The van der Waals surface area contributed by atoms with Crippen LogP contribution in [-0.2, 0) is 0 Å². The van der Waals surface area contributed by atoms with E-state index < -0.39 is 0 Å². The zero-order valence-electron chi connectivity index (χ0n) is 8.05. The normalized spacial score (nSPS) is 12.0. The summed E-state index contributed by atoms with van der Waals surface area (Å²) in [6.45, 7) is 0. The minimum Gasteiger partial charge on any atom is -0.320 e. The maximum Gasteiger partial charge on any atom is 0.0991 e. The molecule has 0 aliphatic rings. The number of thiophene rings is 1. The first-order valence-corrected chi connectivity index (χ1v) is 5.48. The summed E-state index contributed by atoms with van der Waals surface area (Å²) in [5.74, 6) is 0. The Hall–Kier alpha value is -1.63. The average Bonchev–Trinajstić information content (AvgIpc) is 2.81. The van der Waals surface area contributed by atoms with E-state index in [0.29, 0.717) is 5.56 Å². The molecule has 0 amide bonds. The smallest absolute Gasteiger partial charge is 0.0991 e. The molecule has 1 heterocycles. The van der Waals surface area contributed by atoms with Crippen molar-refractivity contribution in [1.29, 1.82) is 5.26 Å². The van der Waals surface area contributed by atoms with Crippen molar-refractivity contribution in [3.05, 3.63) is 57.8 Å². The van der Waals surface area contributed by atoms with E-state index >= 15 is 0 Å². The van der Waals surface area contributed by atoms with Gasteiger partial charge in [-0.2, -0.15) is 5.26 Å². The lowest BCUT2D eigenvalue weighted by atomic mass is 10.0. The Labute approximate surface area is 92.6 Å². The summed E-state index contributed by atoms with van der Waals surface area (Å²) in [6.07, 6.45) is 0. The molecule has 0 spiro atoms. The number of nitriles is 1. The van der Waals surface area contributed by atoms with E-state index in [4.69, 9.17) is 11.0 Å². The SMILES string of the molecule is N#Cc1cccc([C@H](N)c2cccs2)c1. The molecule has 0 bridgehead atoms. The van der Waals surface area contributed by atoms with Crippen molar-refractivity contribution in [2.24, 2.45) is 5.73 Å². The Bertz CT molecular complexity index is 483. The summed E-state index contributed by atoms with van der Waals surface area (Å²) in [5, 5.41) is 10.8. The average molecular weight is 214 g/mol. The van der Waals surface area contributed by atoms with Crippen molar-refractivity contribution < 1.29 is 0 Å². The second-order valence-corrected chi connectivity index (χ2v) is 4.21. The number of hydrogen-bond donors (Lipinski definition) is 1. The third-order valence-electron chi connectivity index (χ3n) is 2.22. The van der Waals surface area contributed by atoms with Gasteiger partial charge in [-0.25, -0.2) is 0 Å². The van der Waals surface area contributed by atoms with Crippen LogP contribution in [0.5, 0.6) is 0 Å². The van der Waals surface area contributed by atoms with Gasteiger partial charge >= 0.3 is 0 Å². The molecular formula is C12H10N2S. The Balaban J connectivity index is 2.34. The Kier molecular flexibility index (Phi) is 2.82. The topological polar surface area (TPSA) is 49.8 Å². The van der Waals surface area contributed by atoms with Gasteiger partial charge in [0.15, 0.2) is 0 Å². The summed E-state index contributed by atoms with van der Waals surface area (Å²) in [5.41, 5.74) is 7.72. The van der Waals surface area contributed by atoms with E-state index in [0.717, 1.165) is 10.4 Å². The molecule has 2 N–H and O–H groups in total. The maximum atomic E-state index is 8.79. The van der Waals surface area contributed by atoms with Gasteiger partial charge in [0.25, 0.3) is 0 Å². The molecule has 2 aromatic rings. The van der Waals surface area contributed by atoms with Crippen LogP contribution in [0.15, 0.2) is 41.8 Å². The molecule has 2 rings (SSSR count). The Morgan fingerprint density at radius 3 is 2.80 bits per heavy atom. The molecule has 1 atom stereocenters. The zero-order valence-corrected chi connectivity index (χ0v) is 8.87. The summed E-state index contributed by atoms with van der Waals surface area (Å²) in [4.78, 5) is 1.12. The van der Waals surface area contributed by atoms with Crippen molar-refractivity contribution in [3.63, 3.8) is 0 Å². The maximum absolute atomic E-state index is 8.79. The predicted octanol–water partition coefficient (Wildman–Crippen LogP) is 2.67. The Morgan fingerprint density at radius 1 is 1.27 bits per heavy atom. The van der Waals surface area contributed by atoms with Crippen molar-refractivity contribution in [3.8, 4) is 6.07 Å². The van der Waals surface area contributed by atoms with Crippen molar-refractivity contribution in [1.82, 2.24) is 0 Å². The molecular weight excluding hydrogens is 204 g/mol. The second-order valence-electron chi connectivity index (χ2n) is 3.23. The molecule has 0 unspecified atom stereocenters. The fraction of sp³-hybridized carbons (Fsp3) is 0.0833. The first-order valence-electron chi connectivity index (χ1n) is 4.60. The van der Waals surface area contributed by atoms with Crippen LogP contribution in [0, 0.1) is 11.3 Å². The van der Waals surface area contributed by atoms with Crippen molar-refractivity contribution >= 4 is 11.3 Å². The molecule has 1 aromatic carbocycles. The van der Waals surface area contributed by atoms with Crippen LogP contribution < -0.4 is 5.73 Å². The molecule has 0 saturated carbocycles. The minimum absolute atomic E-state index is 0.127. The molecule has 0 saturated heterocycles. The lowest BCUT2D eigenvalue weighted by Crippen LogP contribution is -2.10. The summed E-state index contributed by atoms with van der Waals surface area (Å²) in [6, 6.07) is 13.4. The molecule has 0 radical (unpaired) electrons. The molecule has 15 heavy (non-hydrogen) atoms. The first kappa shape index (κ1) is 9.91. The molecule has 0 aliphatic heterocycles. The second kappa shape index (κ2) is 4.26. The van der Waals surface area contributed by atoms with E-state index in [9.17, 15) is 0 Å². The highest BCUT2D eigenvalue weighted by molar-refractivity contribution is 7.10. The zero-order chi connectivity index (χ0) is 10.7. The van der Waals surface area contributed by atoms with Gasteiger partial charge in [-0.15, -0.1) is 11.3 Å². The van der Waals surface area contributed by atoms with Gasteiger partial charge < -0.3 is 5.73 Å². The molecule has 2 nitrogen and oxygen atoms in total. The fourth-order valence-electron chi connectivity index (χ4n) is 1.43. The number of hydrogen-bond acceptors (Lipinski definition) is 3. The molecule has 0 aliphatic carbocycles. The van der Waals surface area contributed by atoms with Crippen molar-refractivity contribution in [2.75, 3.05) is 0 Å². The number of benzene rings is 1. The van der Waals surface area contributed by atoms with Crippen LogP contribution in [0.2, 0.25) is 0 Å². The lowest BCUT2D eigenvalue weighted by molar-refractivity contribution is 0.893. The quantitative estimate of drug-likeness (QED) is 0.835. The molecule has 1 aromatic heterocycles. The third-order valence-corrected chi connectivity index (χ3v) is 3.18. The minimum atomic E-state index is -0.127. The summed E-state index contributed by atoms with van der Waals surface area (Å²) in [7, 11) is 0. The highest BCUT2D eigenvalue weighted by Crippen LogP contribution is 2.23. The summed E-state index contributed by atoms with van der Waals surface area (Å²) >= 11 is 1.63. The van der Waals surface area contributed by atoms with Gasteiger partial charge in [0.1, 0.15) is 0 Å². The number of rotatable bonds is 2. The van der Waals surface area contributed by atoms with Gasteiger partial charge in [0.2, 0.25) is 0 Å². The van der Waals surface area contributed by atoms with Gasteiger partial charge in [0, 0.05) is 4.88 Å². The molecule has 74 valence electrons. The van der Waals surface area contributed by atoms with Crippen LogP contribution in [0.4, 0.5) is 0 Å². The van der Waals surface area contributed by atoms with Crippen molar-refractivity contribution in [2.45, 2.75) is 6.04 Å². The van der Waals surface area contributed by atoms with E-state index in [2.05, 4.69) is 6.07 Å². The Morgan fingerprint density at radius 2 is 2.13 bits per heavy atom. The van der Waals surface area contributed by atoms with Gasteiger partial charge in [0.05, 0.1) is 17.7 Å². The van der Waals surface area contributed by atoms with Gasteiger partial charge in [-0.05, 0) is 29.1 Å². The first-order chi connectivity index (χ1) is 7.31. The van der Waals surface area contributed by atoms with Gasteiger partial charge in [-0.1, -0.05) is 18.2 Å². The van der Waals surface area contributed by atoms with Crippen LogP contribution >= 0.6 is 11.3 Å². The number of nitrogens with two attached hydrogens (primary N) is 1. The van der Waals surface area contributed by atoms with Crippen LogP contribution in [0.1, 0.15) is 22.0 Å². The standard InChI is InChI=1S/C12H10N2S/c13-8-9-3-1-4-10(7-9)12(14)11-5-2-6-15-11/h1-7,12H,14H2/t12-/m0/s1. The lowest BCUT2D eigenvalue weighted by Gasteiger charge is -2.09.